The third kappa shape index (κ3) is 4.99. The van der Waals surface area contributed by atoms with Gasteiger partial charge in [0.1, 0.15) is 13.2 Å². The van der Waals surface area contributed by atoms with Crippen molar-refractivity contribution in [2.45, 2.75) is 19.4 Å². The van der Waals surface area contributed by atoms with Crippen LogP contribution in [0.5, 0.6) is 0 Å². The zero-order chi connectivity index (χ0) is 18.4. The highest BCUT2D eigenvalue weighted by molar-refractivity contribution is 6.01. The molecular formula is C14H13N3O8. The fraction of sp³-hybridized carbons (Fsp3) is 0.286. The fourth-order valence-corrected chi connectivity index (χ4v) is 1.85. The molecule has 1 aliphatic heterocycles. The summed E-state index contributed by atoms with van der Waals surface area (Å²) in [7, 11) is 0. The highest BCUT2D eigenvalue weighted by atomic mass is 16.7. The van der Waals surface area contributed by atoms with Gasteiger partial charge in [-0.3, -0.25) is 19.7 Å². The van der Waals surface area contributed by atoms with Gasteiger partial charge in [-0.05, 0) is 17.7 Å². The summed E-state index contributed by atoms with van der Waals surface area (Å²) in [4.78, 5) is 59.9. The lowest BCUT2D eigenvalue weighted by Crippen LogP contribution is -2.37. The van der Waals surface area contributed by atoms with Gasteiger partial charge in [-0.2, -0.15) is 0 Å². The molecule has 0 aromatic heterocycles. The monoisotopic (exact) mass is 351 g/mol. The van der Waals surface area contributed by atoms with Crippen LogP contribution in [0.25, 0.3) is 0 Å². The number of carbonyl (C=O) groups is 4. The summed E-state index contributed by atoms with van der Waals surface area (Å²) in [5.74, 6) is -2.26. The summed E-state index contributed by atoms with van der Waals surface area (Å²) < 4.78 is 4.82. The van der Waals surface area contributed by atoms with Crippen LogP contribution < -0.4 is 5.32 Å². The minimum absolute atomic E-state index is 0.0309. The maximum absolute atomic E-state index is 11.5. The number of nitro groups is 1. The molecule has 1 aliphatic rings. The molecule has 1 aromatic rings. The molecule has 0 unspecified atom stereocenters. The number of nitro benzene ring substituents is 1. The van der Waals surface area contributed by atoms with Gasteiger partial charge in [0.25, 0.3) is 17.5 Å². The van der Waals surface area contributed by atoms with Crippen molar-refractivity contribution >= 4 is 29.6 Å². The number of hydrogen-bond acceptors (Lipinski definition) is 8. The van der Waals surface area contributed by atoms with Crippen LogP contribution in [0.15, 0.2) is 24.3 Å². The highest BCUT2D eigenvalue weighted by Gasteiger charge is 2.32. The predicted molar refractivity (Wildman–Crippen MR) is 78.5 cm³/mol. The summed E-state index contributed by atoms with van der Waals surface area (Å²) in [6.07, 6.45) is -0.998. The normalized spacial score (nSPS) is 13.5. The number of nitrogens with zero attached hydrogens (tertiary/aromatic N) is 2. The molecule has 3 amide bonds. The average Bonchev–Trinajstić information content (AvgIpc) is 2.90. The highest BCUT2D eigenvalue weighted by Crippen LogP contribution is 2.13. The molecule has 1 aromatic carbocycles. The molecule has 1 fully saturated rings. The number of carbonyl (C=O) groups excluding carboxylic acids is 4. The number of hydroxylamine groups is 2. The first-order chi connectivity index (χ1) is 11.9. The van der Waals surface area contributed by atoms with Gasteiger partial charge in [-0.25, -0.2) is 9.59 Å². The van der Waals surface area contributed by atoms with Crippen molar-refractivity contribution in [3.63, 3.8) is 0 Å². The van der Waals surface area contributed by atoms with Gasteiger partial charge in [0.15, 0.2) is 0 Å². The van der Waals surface area contributed by atoms with E-state index in [4.69, 9.17) is 4.74 Å². The Morgan fingerprint density at radius 1 is 1.16 bits per heavy atom. The zero-order valence-corrected chi connectivity index (χ0v) is 12.8. The molecule has 0 radical (unpaired) electrons. The molecule has 0 aliphatic carbocycles. The summed E-state index contributed by atoms with van der Waals surface area (Å²) >= 11 is 0. The van der Waals surface area contributed by atoms with Gasteiger partial charge in [-0.15, -0.1) is 5.06 Å². The zero-order valence-electron chi connectivity index (χ0n) is 12.8. The molecule has 1 N–H and O–H groups in total. The quantitative estimate of drug-likeness (QED) is 0.441. The van der Waals surface area contributed by atoms with Crippen LogP contribution in [0.2, 0.25) is 0 Å². The molecule has 0 bridgehead atoms. The van der Waals surface area contributed by atoms with E-state index in [-0.39, 0.29) is 25.1 Å². The average molecular weight is 351 g/mol. The minimum Gasteiger partial charge on any atom is -0.445 e. The third-order valence-corrected chi connectivity index (χ3v) is 3.09. The number of hydrogen-bond donors (Lipinski definition) is 1. The van der Waals surface area contributed by atoms with Crippen LogP contribution in [-0.4, -0.2) is 40.4 Å². The number of alkyl carbamates (subject to hydrolysis) is 1. The molecule has 0 atom stereocenters. The van der Waals surface area contributed by atoms with Crippen molar-refractivity contribution < 1.29 is 33.7 Å². The topological polar surface area (TPSA) is 145 Å². The van der Waals surface area contributed by atoms with Crippen molar-refractivity contribution in [2.24, 2.45) is 0 Å². The number of rotatable bonds is 6. The standard InChI is InChI=1S/C14H13N3O8/c18-11-5-6-12(19)16(11)25-13(20)7-15-14(21)24-8-9-1-3-10(4-2-9)17(22)23/h1-4H,5-8H2,(H,15,21). The van der Waals surface area contributed by atoms with Crippen molar-refractivity contribution in [3.8, 4) is 0 Å². The van der Waals surface area contributed by atoms with Crippen molar-refractivity contribution in [1.82, 2.24) is 10.4 Å². The minimum atomic E-state index is -1.00. The Balaban J connectivity index is 1.71. The largest absolute Gasteiger partial charge is 0.445 e. The number of amides is 3. The van der Waals surface area contributed by atoms with E-state index in [1.165, 1.54) is 24.3 Å². The van der Waals surface area contributed by atoms with E-state index in [0.717, 1.165) is 0 Å². The van der Waals surface area contributed by atoms with Crippen molar-refractivity contribution in [3.05, 3.63) is 39.9 Å². The lowest BCUT2D eigenvalue weighted by molar-refractivity contribution is -0.384. The Hall–Kier alpha value is -3.50. The van der Waals surface area contributed by atoms with E-state index in [1.54, 1.807) is 0 Å². The van der Waals surface area contributed by atoms with Gasteiger partial charge in [0.05, 0.1) is 4.92 Å². The number of nitrogens with one attached hydrogen (secondary N) is 1. The van der Waals surface area contributed by atoms with Gasteiger partial charge >= 0.3 is 12.1 Å². The van der Waals surface area contributed by atoms with E-state index in [1.807, 2.05) is 0 Å². The Kier molecular flexibility index (Phi) is 5.61. The number of ether oxygens (including phenoxy) is 1. The molecule has 11 nitrogen and oxygen atoms in total. The molecule has 132 valence electrons. The van der Waals surface area contributed by atoms with Crippen LogP contribution in [0.1, 0.15) is 18.4 Å². The fourth-order valence-electron chi connectivity index (χ4n) is 1.85. The van der Waals surface area contributed by atoms with Crippen molar-refractivity contribution in [1.29, 1.82) is 0 Å². The summed E-state index contributed by atoms with van der Waals surface area (Å²) in [6, 6.07) is 5.37. The molecule has 1 heterocycles. The first-order valence-corrected chi connectivity index (χ1v) is 7.07. The second-order valence-electron chi connectivity index (χ2n) is 4.90. The second-order valence-corrected chi connectivity index (χ2v) is 4.90. The van der Waals surface area contributed by atoms with E-state index < -0.39 is 35.3 Å². The van der Waals surface area contributed by atoms with E-state index in [9.17, 15) is 29.3 Å². The Labute approximate surface area is 140 Å². The molecular weight excluding hydrogens is 338 g/mol. The molecule has 2 rings (SSSR count). The lowest BCUT2D eigenvalue weighted by atomic mass is 10.2. The molecule has 0 spiro atoms. The van der Waals surface area contributed by atoms with Crippen LogP contribution >= 0.6 is 0 Å². The smallest absolute Gasteiger partial charge is 0.407 e. The van der Waals surface area contributed by atoms with Gasteiger partial charge < -0.3 is 14.9 Å². The number of benzene rings is 1. The molecule has 25 heavy (non-hydrogen) atoms. The third-order valence-electron chi connectivity index (χ3n) is 3.09. The Bertz CT molecular complexity index is 699. The van der Waals surface area contributed by atoms with Crippen LogP contribution in [-0.2, 0) is 30.6 Å². The van der Waals surface area contributed by atoms with Gasteiger partial charge in [0, 0.05) is 25.0 Å². The SMILES string of the molecule is O=C(CNC(=O)OCc1ccc([N+](=O)[O-])cc1)ON1C(=O)CCC1=O. The van der Waals surface area contributed by atoms with Crippen LogP contribution in [0.4, 0.5) is 10.5 Å². The number of non-ortho nitro benzene ring substituents is 1. The van der Waals surface area contributed by atoms with Crippen LogP contribution in [0, 0.1) is 10.1 Å². The summed E-state index contributed by atoms with van der Waals surface area (Å²) in [6.45, 7) is -0.766. The van der Waals surface area contributed by atoms with Crippen LogP contribution in [0.3, 0.4) is 0 Å². The Morgan fingerprint density at radius 2 is 1.76 bits per heavy atom. The van der Waals surface area contributed by atoms with Crippen molar-refractivity contribution in [2.75, 3.05) is 6.54 Å². The van der Waals surface area contributed by atoms with E-state index >= 15 is 0 Å². The molecule has 11 heteroatoms. The van der Waals surface area contributed by atoms with E-state index in [0.29, 0.717) is 10.6 Å². The first-order valence-electron chi connectivity index (χ1n) is 7.07. The molecule has 1 saturated heterocycles. The molecule has 0 saturated carbocycles. The van der Waals surface area contributed by atoms with E-state index in [2.05, 4.69) is 10.2 Å². The van der Waals surface area contributed by atoms with Gasteiger partial charge in [-0.1, -0.05) is 0 Å². The summed E-state index contributed by atoms with van der Waals surface area (Å²) in [5.41, 5.74) is 0.415. The lowest BCUT2D eigenvalue weighted by Gasteiger charge is -2.12. The predicted octanol–water partition coefficient (Wildman–Crippen LogP) is 0.428. The maximum atomic E-state index is 11.5. The number of imide groups is 1. The second kappa shape index (κ2) is 7.86. The van der Waals surface area contributed by atoms with Gasteiger partial charge in [0.2, 0.25) is 0 Å². The maximum Gasteiger partial charge on any atom is 0.407 e. The Morgan fingerprint density at radius 3 is 2.32 bits per heavy atom. The summed E-state index contributed by atoms with van der Waals surface area (Å²) in [5, 5.41) is 13.0. The first kappa shape index (κ1) is 17.8.